The molecule has 1 saturated heterocycles. The topological polar surface area (TPSA) is 70.1 Å². The molecule has 8 heteroatoms. The monoisotopic (exact) mass is 403 g/mol. The molecule has 2 aliphatic carbocycles. The van der Waals surface area contributed by atoms with E-state index in [1.807, 2.05) is 12.3 Å². The molecule has 3 aliphatic rings. The molecular weight excluding hydrogens is 378 g/mol. The maximum atomic E-state index is 12.4. The van der Waals surface area contributed by atoms with E-state index in [1.165, 1.54) is 61.4 Å². The largest absolute Gasteiger partial charge is 0.310 e. The predicted molar refractivity (Wildman–Crippen MR) is 109 cm³/mol. The number of amides is 1. The summed E-state index contributed by atoms with van der Waals surface area (Å²) < 4.78 is 0. The Morgan fingerprint density at radius 3 is 2.74 bits per heavy atom. The Bertz CT molecular complexity index is 822. The number of carbonyl (C=O) groups is 1. The predicted octanol–water partition coefficient (Wildman–Crippen LogP) is 3.23. The Labute approximate surface area is 167 Å². The second kappa shape index (κ2) is 7.24. The van der Waals surface area contributed by atoms with Gasteiger partial charge < -0.3 is 10.2 Å². The number of piperidine rings is 1. The Kier molecular flexibility index (Phi) is 4.75. The molecule has 2 aromatic rings. The van der Waals surface area contributed by atoms with Crippen LogP contribution in [0, 0.1) is 6.92 Å². The third-order valence-electron chi connectivity index (χ3n) is 5.83. The molecule has 0 aromatic carbocycles. The molecular formula is C19H25N5OS2. The molecule has 2 unspecified atom stereocenters. The van der Waals surface area contributed by atoms with Crippen LogP contribution in [0.3, 0.4) is 0 Å². The van der Waals surface area contributed by atoms with Crippen LogP contribution in [-0.2, 0) is 0 Å². The summed E-state index contributed by atoms with van der Waals surface area (Å²) in [7, 11) is 0. The number of likely N-dealkylation sites (tertiary alicyclic amines) is 1. The van der Waals surface area contributed by atoms with Gasteiger partial charge in [0.15, 0.2) is 0 Å². The van der Waals surface area contributed by atoms with Crippen molar-refractivity contribution in [2.75, 3.05) is 18.4 Å². The molecule has 3 heterocycles. The van der Waals surface area contributed by atoms with Gasteiger partial charge in [0.05, 0.1) is 5.56 Å². The highest BCUT2D eigenvalue weighted by Gasteiger charge is 2.41. The molecule has 2 aromatic heterocycles. The minimum Gasteiger partial charge on any atom is -0.310 e. The second-order valence-electron chi connectivity index (χ2n) is 7.97. The van der Waals surface area contributed by atoms with Gasteiger partial charge in [-0.2, -0.15) is 0 Å². The van der Waals surface area contributed by atoms with Gasteiger partial charge in [0.25, 0.3) is 5.91 Å². The third kappa shape index (κ3) is 4.08. The summed E-state index contributed by atoms with van der Waals surface area (Å²) in [6.45, 7) is 4.40. The lowest BCUT2D eigenvalue weighted by molar-refractivity contribution is 0.102. The molecule has 3 fully saturated rings. The first-order valence-electron chi connectivity index (χ1n) is 9.85. The van der Waals surface area contributed by atoms with Gasteiger partial charge in [-0.3, -0.25) is 10.1 Å². The maximum absolute atomic E-state index is 12.4. The zero-order valence-electron chi connectivity index (χ0n) is 15.5. The molecule has 27 heavy (non-hydrogen) atoms. The summed E-state index contributed by atoms with van der Waals surface area (Å²) in [5, 5.41) is 18.0. The summed E-state index contributed by atoms with van der Waals surface area (Å²) >= 11 is 3.10. The van der Waals surface area contributed by atoms with Gasteiger partial charge in [-0.1, -0.05) is 11.3 Å². The van der Waals surface area contributed by atoms with E-state index in [0.717, 1.165) is 16.6 Å². The van der Waals surface area contributed by atoms with E-state index in [0.29, 0.717) is 23.1 Å². The molecule has 1 amide bonds. The van der Waals surface area contributed by atoms with Crippen molar-refractivity contribution in [1.82, 2.24) is 20.4 Å². The second-order valence-corrected chi connectivity index (χ2v) is 10.1. The van der Waals surface area contributed by atoms with Crippen molar-refractivity contribution in [2.24, 2.45) is 0 Å². The smallest absolute Gasteiger partial charge is 0.258 e. The minimum atomic E-state index is -0.0914. The highest BCUT2D eigenvalue weighted by atomic mass is 32.1. The molecule has 6 nitrogen and oxygen atoms in total. The summed E-state index contributed by atoms with van der Waals surface area (Å²) in [5.41, 5.74) is 0.728. The van der Waals surface area contributed by atoms with Gasteiger partial charge >= 0.3 is 0 Å². The molecule has 144 valence electrons. The van der Waals surface area contributed by atoms with Gasteiger partial charge in [0.2, 0.25) is 5.13 Å². The molecule has 1 aliphatic heterocycles. The Hall–Kier alpha value is -1.35. The van der Waals surface area contributed by atoms with Crippen molar-refractivity contribution >= 4 is 33.7 Å². The van der Waals surface area contributed by atoms with Crippen molar-refractivity contribution in [3.8, 4) is 0 Å². The van der Waals surface area contributed by atoms with Gasteiger partial charge in [-0.15, -0.1) is 21.5 Å². The fourth-order valence-corrected chi connectivity index (χ4v) is 5.71. The molecule has 2 saturated carbocycles. The van der Waals surface area contributed by atoms with Gasteiger partial charge in [0.1, 0.15) is 5.01 Å². The third-order valence-corrected chi connectivity index (χ3v) is 7.65. The van der Waals surface area contributed by atoms with Crippen molar-refractivity contribution < 1.29 is 4.79 Å². The van der Waals surface area contributed by atoms with Crippen LogP contribution in [0.25, 0.3) is 0 Å². The minimum absolute atomic E-state index is 0.0914. The number of thiophene rings is 1. The van der Waals surface area contributed by atoms with Crippen LogP contribution in [0.15, 0.2) is 11.4 Å². The maximum Gasteiger partial charge on any atom is 0.258 e. The van der Waals surface area contributed by atoms with Crippen LogP contribution in [0.2, 0.25) is 0 Å². The van der Waals surface area contributed by atoms with Crippen molar-refractivity contribution in [3.05, 3.63) is 26.9 Å². The lowest BCUT2D eigenvalue weighted by atomic mass is 10.0. The van der Waals surface area contributed by atoms with E-state index in [-0.39, 0.29) is 5.91 Å². The summed E-state index contributed by atoms with van der Waals surface area (Å²) in [4.78, 5) is 16.4. The average Bonchev–Trinajstić information content (AvgIpc) is 3.56. The molecule has 0 bridgehead atoms. The zero-order valence-corrected chi connectivity index (χ0v) is 17.1. The van der Waals surface area contributed by atoms with Crippen LogP contribution in [-0.4, -0.2) is 52.2 Å². The normalized spacial score (nSPS) is 26.3. The van der Waals surface area contributed by atoms with E-state index in [9.17, 15) is 4.79 Å². The molecule has 0 spiro atoms. The van der Waals surface area contributed by atoms with E-state index in [4.69, 9.17) is 0 Å². The summed E-state index contributed by atoms with van der Waals surface area (Å²) in [5.74, 6) is 0.480. The lowest BCUT2D eigenvalue weighted by Crippen LogP contribution is -2.44. The lowest BCUT2D eigenvalue weighted by Gasteiger charge is -2.32. The number of carbonyl (C=O) groups excluding carboxylic acids is 1. The number of aromatic nitrogens is 2. The van der Waals surface area contributed by atoms with E-state index in [2.05, 4.69) is 31.8 Å². The number of hydrogen-bond donors (Lipinski definition) is 2. The van der Waals surface area contributed by atoms with Crippen LogP contribution in [0.1, 0.15) is 58.3 Å². The molecule has 0 radical (unpaired) electrons. The Balaban J connectivity index is 1.12. The number of nitrogens with one attached hydrogen (secondary N) is 2. The molecule has 2 atom stereocenters. The Morgan fingerprint density at radius 1 is 1.22 bits per heavy atom. The average molecular weight is 404 g/mol. The first kappa shape index (κ1) is 17.7. The van der Waals surface area contributed by atoms with Gasteiger partial charge in [0, 0.05) is 34.3 Å². The van der Waals surface area contributed by atoms with Crippen molar-refractivity contribution in [3.63, 3.8) is 0 Å². The number of hydrogen-bond acceptors (Lipinski definition) is 7. The highest BCUT2D eigenvalue weighted by molar-refractivity contribution is 7.15. The van der Waals surface area contributed by atoms with Crippen molar-refractivity contribution in [2.45, 2.75) is 63.1 Å². The van der Waals surface area contributed by atoms with E-state index >= 15 is 0 Å². The molecule has 2 N–H and O–H groups in total. The summed E-state index contributed by atoms with van der Waals surface area (Å²) in [6.07, 6.45) is 6.57. The first-order chi connectivity index (χ1) is 13.2. The highest BCUT2D eigenvalue weighted by Crippen LogP contribution is 2.44. The van der Waals surface area contributed by atoms with Crippen LogP contribution in [0.4, 0.5) is 5.13 Å². The number of nitrogens with zero attached hydrogens (tertiary/aromatic N) is 3. The zero-order chi connectivity index (χ0) is 18.4. The number of aryl methyl sites for hydroxylation is 1. The Morgan fingerprint density at radius 2 is 2.04 bits per heavy atom. The SMILES string of the molecule is Cc1nnc(NC(=O)c2csc(C3CC3NC3CCN(C4CC4)CC3)c2)s1. The molecule has 5 rings (SSSR count). The standard InChI is InChI=1S/C19H25N5OS2/c1-11-22-23-19(27-11)21-18(25)12-8-17(26-10-12)15-9-16(15)20-13-4-6-24(7-5-13)14-2-3-14/h8,10,13-16,20H,2-7,9H2,1H3,(H,21,23,25). The van der Waals surface area contributed by atoms with Crippen LogP contribution >= 0.6 is 22.7 Å². The first-order valence-corrected chi connectivity index (χ1v) is 11.6. The quantitative estimate of drug-likeness (QED) is 0.775. The number of rotatable bonds is 6. The fraction of sp³-hybridized carbons (Fsp3) is 0.632. The van der Waals surface area contributed by atoms with Crippen LogP contribution < -0.4 is 10.6 Å². The number of anilines is 1. The van der Waals surface area contributed by atoms with E-state index in [1.54, 1.807) is 11.3 Å². The van der Waals surface area contributed by atoms with Gasteiger partial charge in [-0.05, 0) is 58.2 Å². The van der Waals surface area contributed by atoms with Crippen molar-refractivity contribution in [1.29, 1.82) is 0 Å². The van der Waals surface area contributed by atoms with E-state index < -0.39 is 0 Å². The van der Waals surface area contributed by atoms with Gasteiger partial charge in [-0.25, -0.2) is 0 Å². The fourth-order valence-electron chi connectivity index (χ4n) is 4.05. The summed E-state index contributed by atoms with van der Waals surface area (Å²) in [6, 6.07) is 4.20. The van der Waals surface area contributed by atoms with Crippen LogP contribution in [0.5, 0.6) is 0 Å².